The highest BCUT2D eigenvalue weighted by Gasteiger charge is 2.15. The van der Waals surface area contributed by atoms with Crippen molar-refractivity contribution in [3.05, 3.63) is 42.2 Å². The number of nitrogens with one attached hydrogen (secondary N) is 1. The zero-order valence-corrected chi connectivity index (χ0v) is 11.0. The van der Waals surface area contributed by atoms with Crippen LogP contribution in [0.1, 0.15) is 12.5 Å². The van der Waals surface area contributed by atoms with Gasteiger partial charge in [-0.3, -0.25) is 4.79 Å². The van der Waals surface area contributed by atoms with Crippen LogP contribution in [0.15, 0.2) is 30.9 Å². The van der Waals surface area contributed by atoms with Gasteiger partial charge in [0.05, 0.1) is 0 Å². The van der Waals surface area contributed by atoms with E-state index in [1.165, 1.54) is 12.1 Å². The third-order valence-corrected chi connectivity index (χ3v) is 2.52. The van der Waals surface area contributed by atoms with E-state index in [-0.39, 0.29) is 11.7 Å². The van der Waals surface area contributed by atoms with Gasteiger partial charge in [0.25, 0.3) is 5.91 Å². The topological polar surface area (TPSA) is 64.3 Å². The van der Waals surface area contributed by atoms with E-state index >= 15 is 0 Å². The molecule has 1 rings (SSSR count). The molecule has 19 heavy (non-hydrogen) atoms. The Hall–Kier alpha value is -1.88. The van der Waals surface area contributed by atoms with Crippen LogP contribution in [0.4, 0.5) is 4.39 Å². The van der Waals surface area contributed by atoms with Crippen LogP contribution in [-0.2, 0) is 11.2 Å². The average Bonchev–Trinajstić information content (AvgIpc) is 2.39. The van der Waals surface area contributed by atoms with Gasteiger partial charge in [-0.05, 0) is 37.6 Å². The summed E-state index contributed by atoms with van der Waals surface area (Å²) < 4.78 is 19.0. The van der Waals surface area contributed by atoms with E-state index in [1.807, 2.05) is 0 Å². The van der Waals surface area contributed by atoms with Crippen molar-refractivity contribution in [2.45, 2.75) is 19.4 Å². The molecule has 0 heterocycles. The highest BCUT2D eigenvalue weighted by Crippen LogP contribution is 2.19. The molecule has 0 aliphatic carbocycles. The van der Waals surface area contributed by atoms with Crippen molar-refractivity contribution in [1.82, 2.24) is 5.32 Å². The maximum absolute atomic E-state index is 13.7. The van der Waals surface area contributed by atoms with E-state index in [0.717, 1.165) is 5.56 Å². The van der Waals surface area contributed by atoms with Crippen molar-refractivity contribution >= 4 is 5.91 Å². The van der Waals surface area contributed by atoms with E-state index in [2.05, 4.69) is 11.9 Å². The van der Waals surface area contributed by atoms with Crippen molar-refractivity contribution < 1.29 is 13.9 Å². The van der Waals surface area contributed by atoms with Gasteiger partial charge in [-0.1, -0.05) is 12.1 Å². The molecule has 0 aromatic heterocycles. The third kappa shape index (κ3) is 4.71. The van der Waals surface area contributed by atoms with Crippen LogP contribution in [0.5, 0.6) is 5.75 Å². The van der Waals surface area contributed by atoms with Crippen LogP contribution < -0.4 is 15.8 Å². The predicted octanol–water partition coefficient (Wildman–Crippen LogP) is 1.40. The van der Waals surface area contributed by atoms with Gasteiger partial charge < -0.3 is 15.8 Å². The Bertz CT molecular complexity index is 449. The van der Waals surface area contributed by atoms with Crippen molar-refractivity contribution in [3.63, 3.8) is 0 Å². The van der Waals surface area contributed by atoms with E-state index in [4.69, 9.17) is 10.5 Å². The molecule has 1 amide bonds. The molecule has 1 unspecified atom stereocenters. The zero-order chi connectivity index (χ0) is 14.3. The number of carbonyl (C=O) groups is 1. The first-order chi connectivity index (χ1) is 9.08. The summed E-state index contributed by atoms with van der Waals surface area (Å²) in [6, 6.07) is 4.62. The highest BCUT2D eigenvalue weighted by atomic mass is 19.1. The SMILES string of the molecule is C=CCNC(=O)C(C)Oc1ccc(CCN)cc1F. The fourth-order valence-electron chi connectivity index (χ4n) is 1.52. The molecule has 0 spiro atoms. The molecule has 3 N–H and O–H groups in total. The Kier molecular flexibility index (Phi) is 6.02. The molecule has 0 aliphatic heterocycles. The molecule has 4 nitrogen and oxygen atoms in total. The summed E-state index contributed by atoms with van der Waals surface area (Å²) in [5, 5.41) is 2.58. The van der Waals surface area contributed by atoms with Crippen molar-refractivity contribution in [2.75, 3.05) is 13.1 Å². The third-order valence-electron chi connectivity index (χ3n) is 2.52. The van der Waals surface area contributed by atoms with Gasteiger partial charge in [-0.2, -0.15) is 0 Å². The van der Waals surface area contributed by atoms with Gasteiger partial charge in [0.2, 0.25) is 0 Å². The zero-order valence-electron chi connectivity index (χ0n) is 11.0. The van der Waals surface area contributed by atoms with Gasteiger partial charge in [0.15, 0.2) is 17.7 Å². The lowest BCUT2D eigenvalue weighted by Gasteiger charge is -2.15. The molecular formula is C14H19FN2O2. The standard InChI is InChI=1S/C14H19FN2O2/c1-3-8-17-14(18)10(2)19-13-5-4-11(6-7-16)9-12(13)15/h3-5,9-10H,1,6-8,16H2,2H3,(H,17,18). The highest BCUT2D eigenvalue weighted by molar-refractivity contribution is 5.80. The lowest BCUT2D eigenvalue weighted by Crippen LogP contribution is -2.36. The van der Waals surface area contributed by atoms with E-state index in [1.54, 1.807) is 19.1 Å². The Morgan fingerprint density at radius 1 is 1.63 bits per heavy atom. The Balaban J connectivity index is 2.66. The van der Waals surface area contributed by atoms with Crippen LogP contribution in [0.3, 0.4) is 0 Å². The Morgan fingerprint density at radius 3 is 2.95 bits per heavy atom. The molecule has 0 saturated heterocycles. The summed E-state index contributed by atoms with van der Waals surface area (Å²) in [4.78, 5) is 11.6. The Labute approximate surface area is 112 Å². The maximum atomic E-state index is 13.7. The second kappa shape index (κ2) is 7.53. The van der Waals surface area contributed by atoms with Crippen molar-refractivity contribution in [2.24, 2.45) is 5.73 Å². The van der Waals surface area contributed by atoms with Crippen LogP contribution >= 0.6 is 0 Å². The van der Waals surface area contributed by atoms with Crippen molar-refractivity contribution in [1.29, 1.82) is 0 Å². The summed E-state index contributed by atoms with van der Waals surface area (Å²) in [6.45, 7) is 5.86. The summed E-state index contributed by atoms with van der Waals surface area (Å²) in [5.74, 6) is -0.748. The number of rotatable bonds is 7. The number of hydrogen-bond donors (Lipinski definition) is 2. The molecule has 0 saturated carbocycles. The first-order valence-electron chi connectivity index (χ1n) is 6.12. The molecule has 1 aromatic carbocycles. The van der Waals surface area contributed by atoms with E-state index in [9.17, 15) is 9.18 Å². The van der Waals surface area contributed by atoms with Crippen LogP contribution in [0.25, 0.3) is 0 Å². The minimum atomic E-state index is -0.769. The average molecular weight is 266 g/mol. The quantitative estimate of drug-likeness (QED) is 0.733. The maximum Gasteiger partial charge on any atom is 0.261 e. The number of nitrogens with two attached hydrogens (primary N) is 1. The second-order valence-electron chi connectivity index (χ2n) is 4.10. The summed E-state index contributed by atoms with van der Waals surface area (Å²) in [5.41, 5.74) is 6.20. The molecule has 0 aliphatic rings. The number of benzene rings is 1. The second-order valence-corrected chi connectivity index (χ2v) is 4.10. The minimum Gasteiger partial charge on any atom is -0.478 e. The molecule has 1 atom stereocenters. The molecule has 0 fully saturated rings. The summed E-state index contributed by atoms with van der Waals surface area (Å²) in [6.07, 6.45) is 1.40. The first kappa shape index (κ1) is 15.2. The van der Waals surface area contributed by atoms with E-state index < -0.39 is 11.9 Å². The van der Waals surface area contributed by atoms with Crippen LogP contribution in [-0.4, -0.2) is 25.1 Å². The van der Waals surface area contributed by atoms with Crippen LogP contribution in [0, 0.1) is 5.82 Å². The number of amides is 1. The Morgan fingerprint density at radius 2 is 2.37 bits per heavy atom. The molecule has 0 radical (unpaired) electrons. The van der Waals surface area contributed by atoms with Crippen molar-refractivity contribution in [3.8, 4) is 5.75 Å². The van der Waals surface area contributed by atoms with Gasteiger partial charge in [-0.15, -0.1) is 6.58 Å². The molecular weight excluding hydrogens is 247 g/mol. The summed E-state index contributed by atoms with van der Waals surface area (Å²) in [7, 11) is 0. The fourth-order valence-corrected chi connectivity index (χ4v) is 1.52. The molecule has 1 aromatic rings. The lowest BCUT2D eigenvalue weighted by molar-refractivity contribution is -0.127. The molecule has 5 heteroatoms. The smallest absolute Gasteiger partial charge is 0.261 e. The van der Waals surface area contributed by atoms with Gasteiger partial charge >= 0.3 is 0 Å². The minimum absolute atomic E-state index is 0.0574. The first-order valence-corrected chi connectivity index (χ1v) is 6.12. The van der Waals surface area contributed by atoms with Gasteiger partial charge in [0, 0.05) is 6.54 Å². The molecule has 0 bridgehead atoms. The summed E-state index contributed by atoms with van der Waals surface area (Å²) >= 11 is 0. The lowest BCUT2D eigenvalue weighted by atomic mass is 10.1. The number of hydrogen-bond acceptors (Lipinski definition) is 3. The number of carbonyl (C=O) groups excluding carboxylic acids is 1. The normalized spacial score (nSPS) is 11.7. The largest absolute Gasteiger partial charge is 0.478 e. The number of ether oxygens (including phenoxy) is 1. The van der Waals surface area contributed by atoms with Gasteiger partial charge in [0.1, 0.15) is 0 Å². The number of halogens is 1. The van der Waals surface area contributed by atoms with Crippen LogP contribution in [0.2, 0.25) is 0 Å². The monoisotopic (exact) mass is 266 g/mol. The molecule has 104 valence electrons. The van der Waals surface area contributed by atoms with Gasteiger partial charge in [-0.25, -0.2) is 4.39 Å². The fraction of sp³-hybridized carbons (Fsp3) is 0.357. The predicted molar refractivity (Wildman–Crippen MR) is 72.5 cm³/mol. The van der Waals surface area contributed by atoms with E-state index in [0.29, 0.717) is 19.5 Å².